The second kappa shape index (κ2) is 10.7. The number of alkyl halides is 1. The van der Waals surface area contributed by atoms with Crippen LogP contribution in [0, 0.1) is 11.8 Å². The second-order valence-electron chi connectivity index (χ2n) is 2.56. The Balaban J connectivity index is 3.00. The first-order valence-electron chi connectivity index (χ1n) is 4.37. The fourth-order valence-corrected chi connectivity index (χ4v) is 1.04. The zero-order valence-corrected chi connectivity index (χ0v) is 8.90. The van der Waals surface area contributed by atoms with Gasteiger partial charge in [0.25, 0.3) is 0 Å². The van der Waals surface area contributed by atoms with Crippen LogP contribution in [0.3, 0.4) is 0 Å². The minimum Gasteiger partial charge on any atom is -0.303 e. The van der Waals surface area contributed by atoms with Crippen molar-refractivity contribution >= 4 is 22.2 Å². The van der Waals surface area contributed by atoms with Crippen LogP contribution in [0.2, 0.25) is 0 Å². The highest BCUT2D eigenvalue weighted by atomic mass is 79.9. The van der Waals surface area contributed by atoms with E-state index in [9.17, 15) is 4.79 Å². The maximum absolute atomic E-state index is 9.95. The second-order valence-corrected chi connectivity index (χ2v) is 3.35. The highest BCUT2D eigenvalue weighted by molar-refractivity contribution is 9.09. The molecule has 0 aromatic rings. The molecule has 68 valence electrons. The number of unbranched alkanes of at least 4 members (excludes halogenated alkanes) is 4. The zero-order chi connectivity index (χ0) is 9.07. The molecule has 0 aliphatic rings. The average molecular weight is 231 g/mol. The number of aldehydes is 1. The maximum atomic E-state index is 9.95. The Morgan fingerprint density at radius 1 is 1.08 bits per heavy atom. The van der Waals surface area contributed by atoms with Crippen LogP contribution in [0.5, 0.6) is 0 Å². The quantitative estimate of drug-likeness (QED) is 0.297. The summed E-state index contributed by atoms with van der Waals surface area (Å²) in [6.45, 7) is 0. The van der Waals surface area contributed by atoms with E-state index in [-0.39, 0.29) is 0 Å². The van der Waals surface area contributed by atoms with Gasteiger partial charge in [-0.25, -0.2) is 0 Å². The van der Waals surface area contributed by atoms with E-state index >= 15 is 0 Å². The molecule has 0 radical (unpaired) electrons. The van der Waals surface area contributed by atoms with E-state index < -0.39 is 0 Å². The Morgan fingerprint density at radius 3 is 2.50 bits per heavy atom. The molecule has 0 aromatic carbocycles. The van der Waals surface area contributed by atoms with Crippen molar-refractivity contribution in [1.82, 2.24) is 0 Å². The van der Waals surface area contributed by atoms with Gasteiger partial charge in [0.2, 0.25) is 0 Å². The first-order valence-corrected chi connectivity index (χ1v) is 5.49. The first kappa shape index (κ1) is 11.7. The van der Waals surface area contributed by atoms with E-state index in [4.69, 9.17) is 0 Å². The largest absolute Gasteiger partial charge is 0.303 e. The number of hydrogen-bond acceptors (Lipinski definition) is 1. The van der Waals surface area contributed by atoms with Crippen molar-refractivity contribution in [3.8, 4) is 11.8 Å². The normalized spacial score (nSPS) is 8.75. The molecule has 0 aromatic heterocycles. The number of halogens is 1. The number of rotatable bonds is 6. The molecule has 0 saturated heterocycles. The smallest absolute Gasteiger partial charge is 0.119 e. The fraction of sp³-hybridized carbons (Fsp3) is 0.700. The molecule has 0 N–H and O–H groups in total. The van der Waals surface area contributed by atoms with Gasteiger partial charge in [-0.1, -0.05) is 22.4 Å². The van der Waals surface area contributed by atoms with Gasteiger partial charge in [-0.2, -0.15) is 0 Å². The van der Waals surface area contributed by atoms with Crippen molar-refractivity contribution in [2.75, 3.05) is 5.33 Å². The third kappa shape index (κ3) is 9.71. The van der Waals surface area contributed by atoms with Crippen LogP contribution in [-0.2, 0) is 4.79 Å². The van der Waals surface area contributed by atoms with Crippen molar-refractivity contribution in [2.24, 2.45) is 0 Å². The van der Waals surface area contributed by atoms with Crippen LogP contribution in [0.4, 0.5) is 0 Å². The minimum atomic E-state index is 0.703. The minimum absolute atomic E-state index is 0.703. The van der Waals surface area contributed by atoms with E-state index in [0.29, 0.717) is 6.42 Å². The Labute approximate surface area is 83.1 Å². The van der Waals surface area contributed by atoms with Gasteiger partial charge in [0.1, 0.15) is 6.29 Å². The lowest BCUT2D eigenvalue weighted by Crippen LogP contribution is -1.78. The molecule has 0 rings (SSSR count). The Kier molecular flexibility index (Phi) is 10.5. The van der Waals surface area contributed by atoms with E-state index in [1.807, 2.05) is 0 Å². The lowest BCUT2D eigenvalue weighted by Gasteiger charge is -1.91. The van der Waals surface area contributed by atoms with Crippen molar-refractivity contribution in [3.05, 3.63) is 0 Å². The molecule has 2 heteroatoms. The molecule has 0 fully saturated rings. The summed E-state index contributed by atoms with van der Waals surface area (Å²) in [4.78, 5) is 9.95. The molecule has 0 atom stereocenters. The maximum Gasteiger partial charge on any atom is 0.119 e. The Hall–Kier alpha value is -0.290. The standard InChI is InChI=1S/C10H15BrO/c11-9-7-5-3-1-2-4-6-8-10-12/h10H,1-2,4,6-9H2. The van der Waals surface area contributed by atoms with Crippen LogP contribution < -0.4 is 0 Å². The van der Waals surface area contributed by atoms with E-state index in [2.05, 4.69) is 27.8 Å². The van der Waals surface area contributed by atoms with E-state index in [1.165, 1.54) is 0 Å². The van der Waals surface area contributed by atoms with Gasteiger partial charge >= 0.3 is 0 Å². The number of carbonyl (C=O) groups is 1. The summed E-state index contributed by atoms with van der Waals surface area (Å²) in [5, 5.41) is 0.963. The lowest BCUT2D eigenvalue weighted by molar-refractivity contribution is -0.107. The van der Waals surface area contributed by atoms with Gasteiger partial charge in [0.05, 0.1) is 0 Å². The summed E-state index contributed by atoms with van der Waals surface area (Å²) < 4.78 is 0. The molecule has 0 aliphatic carbocycles. The van der Waals surface area contributed by atoms with E-state index in [0.717, 1.165) is 43.7 Å². The molecular formula is C10H15BrO. The SMILES string of the molecule is O=CCCCCCC#CCCBr. The van der Waals surface area contributed by atoms with Gasteiger partial charge in [-0.15, -0.1) is 11.8 Å². The molecule has 0 heterocycles. The van der Waals surface area contributed by atoms with Crippen molar-refractivity contribution < 1.29 is 4.79 Å². The summed E-state index contributed by atoms with van der Waals surface area (Å²) in [6, 6.07) is 0. The summed E-state index contributed by atoms with van der Waals surface area (Å²) in [5.41, 5.74) is 0. The van der Waals surface area contributed by atoms with Crippen molar-refractivity contribution in [1.29, 1.82) is 0 Å². The molecule has 1 nitrogen and oxygen atoms in total. The van der Waals surface area contributed by atoms with Gasteiger partial charge in [0.15, 0.2) is 0 Å². The highest BCUT2D eigenvalue weighted by Crippen LogP contribution is 2.00. The van der Waals surface area contributed by atoms with Crippen LogP contribution in [-0.4, -0.2) is 11.6 Å². The fourth-order valence-electron chi connectivity index (χ4n) is 0.842. The van der Waals surface area contributed by atoms with Gasteiger partial charge in [0, 0.05) is 24.6 Å². The van der Waals surface area contributed by atoms with Crippen LogP contribution >= 0.6 is 15.9 Å². The molecular weight excluding hydrogens is 216 g/mol. The molecule has 0 unspecified atom stereocenters. The monoisotopic (exact) mass is 230 g/mol. The van der Waals surface area contributed by atoms with Crippen LogP contribution in [0.25, 0.3) is 0 Å². The summed E-state index contributed by atoms with van der Waals surface area (Å²) in [5.74, 6) is 6.15. The predicted octanol–water partition coefficient (Wildman–Crippen LogP) is 2.92. The average Bonchev–Trinajstić information content (AvgIpc) is 2.10. The van der Waals surface area contributed by atoms with Crippen molar-refractivity contribution in [2.45, 2.75) is 38.5 Å². The molecule has 0 bridgehead atoms. The summed E-state index contributed by atoms with van der Waals surface area (Å²) in [6.07, 6.45) is 6.88. The predicted molar refractivity (Wildman–Crippen MR) is 55.3 cm³/mol. The van der Waals surface area contributed by atoms with Gasteiger partial charge < -0.3 is 4.79 Å². The Bertz CT molecular complexity index is 155. The summed E-state index contributed by atoms with van der Waals surface area (Å²) >= 11 is 3.31. The van der Waals surface area contributed by atoms with Gasteiger partial charge in [-0.05, 0) is 12.8 Å². The molecule has 12 heavy (non-hydrogen) atoms. The number of hydrogen-bond donors (Lipinski definition) is 0. The molecule has 0 spiro atoms. The van der Waals surface area contributed by atoms with Crippen LogP contribution in [0.15, 0.2) is 0 Å². The highest BCUT2D eigenvalue weighted by Gasteiger charge is 1.85. The van der Waals surface area contributed by atoms with E-state index in [1.54, 1.807) is 0 Å². The number of carbonyl (C=O) groups excluding carboxylic acids is 1. The third-order valence-electron chi connectivity index (χ3n) is 1.47. The first-order chi connectivity index (χ1) is 5.91. The van der Waals surface area contributed by atoms with Gasteiger partial charge in [-0.3, -0.25) is 0 Å². The Morgan fingerprint density at radius 2 is 1.83 bits per heavy atom. The molecule has 0 amide bonds. The molecule has 0 aliphatic heterocycles. The third-order valence-corrected chi connectivity index (χ3v) is 1.86. The summed E-state index contributed by atoms with van der Waals surface area (Å²) in [7, 11) is 0. The van der Waals surface area contributed by atoms with Crippen molar-refractivity contribution in [3.63, 3.8) is 0 Å². The lowest BCUT2D eigenvalue weighted by atomic mass is 10.1. The molecule has 0 saturated carbocycles. The van der Waals surface area contributed by atoms with Crippen LogP contribution in [0.1, 0.15) is 38.5 Å². The topological polar surface area (TPSA) is 17.1 Å². The zero-order valence-electron chi connectivity index (χ0n) is 7.31.